The van der Waals surface area contributed by atoms with Gasteiger partial charge in [-0.05, 0) is 24.3 Å². The number of carbonyl (C=O) groups is 1. The van der Waals surface area contributed by atoms with Crippen molar-refractivity contribution >= 4 is 16.8 Å². The van der Waals surface area contributed by atoms with Gasteiger partial charge in [-0.1, -0.05) is 30.3 Å². The van der Waals surface area contributed by atoms with Gasteiger partial charge in [0.2, 0.25) is 0 Å². The topological polar surface area (TPSA) is 54.6 Å². The standard InChI is InChI=1S/C19H18N2O3/c1-21(11-14-12-23-17-8-4-5-9-18(17)24-14)19(22)16-10-13-6-2-3-7-15(13)20-16/h2-10,14,20H,11-12H2,1H3/t14-/m0/s1. The number of hydrogen-bond donors (Lipinski definition) is 1. The van der Waals surface area contributed by atoms with Crippen molar-refractivity contribution in [2.45, 2.75) is 6.10 Å². The minimum Gasteiger partial charge on any atom is -0.486 e. The van der Waals surface area contributed by atoms with Crippen molar-refractivity contribution in [3.63, 3.8) is 0 Å². The molecule has 0 spiro atoms. The zero-order valence-corrected chi connectivity index (χ0v) is 13.4. The van der Waals surface area contributed by atoms with E-state index < -0.39 is 0 Å². The fraction of sp³-hybridized carbons (Fsp3) is 0.211. The van der Waals surface area contributed by atoms with Crippen molar-refractivity contribution in [2.75, 3.05) is 20.2 Å². The average Bonchev–Trinajstić information content (AvgIpc) is 3.05. The second kappa shape index (κ2) is 5.92. The van der Waals surface area contributed by atoms with E-state index in [9.17, 15) is 4.79 Å². The average molecular weight is 322 g/mol. The molecule has 4 rings (SSSR count). The predicted octanol–water partition coefficient (Wildman–Crippen LogP) is 3.08. The normalized spacial score (nSPS) is 16.1. The van der Waals surface area contributed by atoms with Crippen LogP contribution in [0.1, 0.15) is 10.5 Å². The van der Waals surface area contributed by atoms with E-state index in [2.05, 4.69) is 4.98 Å². The molecule has 0 aliphatic carbocycles. The Balaban J connectivity index is 1.46. The molecule has 3 aromatic rings. The number of benzene rings is 2. The summed E-state index contributed by atoms with van der Waals surface area (Å²) in [7, 11) is 1.78. The third-order valence-corrected chi connectivity index (χ3v) is 4.15. The fourth-order valence-electron chi connectivity index (χ4n) is 2.94. The van der Waals surface area contributed by atoms with Crippen molar-refractivity contribution in [3.8, 4) is 11.5 Å². The monoisotopic (exact) mass is 322 g/mol. The van der Waals surface area contributed by atoms with Crippen LogP contribution in [0.4, 0.5) is 0 Å². The van der Waals surface area contributed by atoms with E-state index in [-0.39, 0.29) is 12.0 Å². The van der Waals surface area contributed by atoms with Gasteiger partial charge in [0.25, 0.3) is 5.91 Å². The van der Waals surface area contributed by atoms with Gasteiger partial charge in [-0.3, -0.25) is 4.79 Å². The van der Waals surface area contributed by atoms with E-state index in [0.29, 0.717) is 18.8 Å². The number of aromatic amines is 1. The summed E-state index contributed by atoms with van der Waals surface area (Å²) in [6, 6.07) is 17.3. The Morgan fingerprint density at radius 1 is 1.17 bits per heavy atom. The van der Waals surface area contributed by atoms with Crippen LogP contribution >= 0.6 is 0 Å². The molecule has 1 aliphatic heterocycles. The number of carbonyl (C=O) groups excluding carboxylic acids is 1. The summed E-state index contributed by atoms with van der Waals surface area (Å²) < 4.78 is 11.6. The molecule has 0 saturated carbocycles. The van der Waals surface area contributed by atoms with Gasteiger partial charge in [0.05, 0.1) is 6.54 Å². The summed E-state index contributed by atoms with van der Waals surface area (Å²) in [5.74, 6) is 1.41. The van der Waals surface area contributed by atoms with Crippen LogP contribution in [0.3, 0.4) is 0 Å². The van der Waals surface area contributed by atoms with Crippen molar-refractivity contribution in [1.82, 2.24) is 9.88 Å². The number of fused-ring (bicyclic) bond motifs is 2. The highest BCUT2D eigenvalue weighted by Gasteiger charge is 2.24. The molecule has 0 bridgehead atoms. The second-order valence-electron chi connectivity index (χ2n) is 5.95. The number of amides is 1. The zero-order chi connectivity index (χ0) is 16.5. The van der Waals surface area contributed by atoms with Crippen molar-refractivity contribution in [3.05, 3.63) is 60.3 Å². The lowest BCUT2D eigenvalue weighted by Gasteiger charge is -2.29. The Bertz CT molecular complexity index is 854. The van der Waals surface area contributed by atoms with E-state index in [1.807, 2.05) is 54.6 Å². The molecule has 0 fully saturated rings. The van der Waals surface area contributed by atoms with Crippen LogP contribution in [0, 0.1) is 0 Å². The maximum atomic E-state index is 12.6. The Kier molecular flexibility index (Phi) is 3.61. The Morgan fingerprint density at radius 3 is 2.75 bits per heavy atom. The zero-order valence-electron chi connectivity index (χ0n) is 13.4. The number of para-hydroxylation sites is 3. The molecule has 5 nitrogen and oxygen atoms in total. The molecule has 0 saturated heterocycles. The minimum absolute atomic E-state index is 0.0614. The van der Waals surface area contributed by atoms with Gasteiger partial charge in [-0.2, -0.15) is 0 Å². The predicted molar refractivity (Wildman–Crippen MR) is 91.6 cm³/mol. The SMILES string of the molecule is CN(C[C@H]1COc2ccccc2O1)C(=O)c1cc2ccccc2[nH]1. The lowest BCUT2D eigenvalue weighted by atomic mass is 10.2. The highest BCUT2D eigenvalue weighted by atomic mass is 16.6. The van der Waals surface area contributed by atoms with Crippen LogP contribution in [0.2, 0.25) is 0 Å². The van der Waals surface area contributed by atoms with E-state index in [4.69, 9.17) is 9.47 Å². The van der Waals surface area contributed by atoms with Crippen molar-refractivity contribution in [2.24, 2.45) is 0 Å². The molecule has 1 aromatic heterocycles. The Morgan fingerprint density at radius 2 is 1.92 bits per heavy atom. The van der Waals surface area contributed by atoms with Crippen LogP contribution in [0.15, 0.2) is 54.6 Å². The van der Waals surface area contributed by atoms with Gasteiger partial charge in [0.15, 0.2) is 17.6 Å². The number of nitrogens with zero attached hydrogens (tertiary/aromatic N) is 1. The van der Waals surface area contributed by atoms with Gasteiger partial charge in [0, 0.05) is 18.0 Å². The fourth-order valence-corrected chi connectivity index (χ4v) is 2.94. The highest BCUT2D eigenvalue weighted by Crippen LogP contribution is 2.31. The Labute approximate surface area is 139 Å². The van der Waals surface area contributed by atoms with Gasteiger partial charge >= 0.3 is 0 Å². The van der Waals surface area contributed by atoms with Crippen molar-refractivity contribution in [1.29, 1.82) is 0 Å². The molecule has 1 amide bonds. The molecule has 1 N–H and O–H groups in total. The summed E-state index contributed by atoms with van der Waals surface area (Å²) >= 11 is 0. The summed E-state index contributed by atoms with van der Waals surface area (Å²) in [5, 5.41) is 1.03. The number of nitrogens with one attached hydrogen (secondary N) is 1. The van der Waals surface area contributed by atoms with Crippen LogP contribution in [-0.2, 0) is 0 Å². The molecule has 5 heteroatoms. The first-order valence-electron chi connectivity index (χ1n) is 7.92. The first-order valence-corrected chi connectivity index (χ1v) is 7.92. The molecule has 1 aliphatic rings. The molecule has 0 unspecified atom stereocenters. The van der Waals surface area contributed by atoms with Crippen molar-refractivity contribution < 1.29 is 14.3 Å². The van der Waals surface area contributed by atoms with Crippen LogP contribution in [0.5, 0.6) is 11.5 Å². The quantitative estimate of drug-likeness (QED) is 0.806. The molecule has 122 valence electrons. The number of ether oxygens (including phenoxy) is 2. The van der Waals surface area contributed by atoms with Gasteiger partial charge < -0.3 is 19.4 Å². The van der Waals surface area contributed by atoms with Gasteiger partial charge in [-0.25, -0.2) is 0 Å². The third kappa shape index (κ3) is 2.69. The largest absolute Gasteiger partial charge is 0.486 e. The molecule has 2 heterocycles. The maximum absolute atomic E-state index is 12.6. The van der Waals surface area contributed by atoms with E-state index in [1.165, 1.54) is 0 Å². The number of likely N-dealkylation sites (N-methyl/N-ethyl adjacent to an activating group) is 1. The first kappa shape index (κ1) is 14.6. The molecule has 1 atom stereocenters. The van der Waals surface area contributed by atoms with Crippen LogP contribution in [0.25, 0.3) is 10.9 Å². The lowest BCUT2D eigenvalue weighted by molar-refractivity contribution is 0.0518. The van der Waals surface area contributed by atoms with Gasteiger partial charge in [-0.15, -0.1) is 0 Å². The number of hydrogen-bond acceptors (Lipinski definition) is 3. The van der Waals surface area contributed by atoms with Crippen LogP contribution in [-0.4, -0.2) is 42.1 Å². The summed E-state index contributed by atoms with van der Waals surface area (Å²) in [5.41, 5.74) is 1.54. The van der Waals surface area contributed by atoms with E-state index in [0.717, 1.165) is 22.4 Å². The third-order valence-electron chi connectivity index (χ3n) is 4.15. The number of rotatable bonds is 3. The molecule has 24 heavy (non-hydrogen) atoms. The first-order chi connectivity index (χ1) is 11.7. The summed E-state index contributed by atoms with van der Waals surface area (Å²) in [6.45, 7) is 0.893. The smallest absolute Gasteiger partial charge is 0.270 e. The number of aromatic nitrogens is 1. The highest BCUT2D eigenvalue weighted by molar-refractivity contribution is 5.97. The molecular weight excluding hydrogens is 304 g/mol. The maximum Gasteiger partial charge on any atom is 0.270 e. The second-order valence-corrected chi connectivity index (χ2v) is 5.95. The van der Waals surface area contributed by atoms with Crippen LogP contribution < -0.4 is 9.47 Å². The molecular formula is C19H18N2O3. The summed E-state index contributed by atoms with van der Waals surface area (Å²) in [4.78, 5) is 17.5. The lowest BCUT2D eigenvalue weighted by Crippen LogP contribution is -2.41. The van der Waals surface area contributed by atoms with E-state index in [1.54, 1.807) is 11.9 Å². The van der Waals surface area contributed by atoms with E-state index >= 15 is 0 Å². The van der Waals surface area contributed by atoms with Gasteiger partial charge in [0.1, 0.15) is 12.3 Å². The Hall–Kier alpha value is -2.95. The summed E-state index contributed by atoms with van der Waals surface area (Å²) in [6.07, 6.45) is -0.182. The minimum atomic E-state index is -0.182. The molecule has 2 aromatic carbocycles. The number of H-pyrrole nitrogens is 1. The molecule has 0 radical (unpaired) electrons.